The fourth-order valence-corrected chi connectivity index (χ4v) is 3.35. The summed E-state index contributed by atoms with van der Waals surface area (Å²) in [6.07, 6.45) is 4.08. The quantitative estimate of drug-likeness (QED) is 0.791. The van der Waals surface area contributed by atoms with Gasteiger partial charge in [-0.1, -0.05) is 12.8 Å². The number of amides is 1. The van der Waals surface area contributed by atoms with E-state index in [1.807, 2.05) is 0 Å². The number of benzene rings is 1. The maximum absolute atomic E-state index is 13.3. The van der Waals surface area contributed by atoms with Crippen molar-refractivity contribution in [3.63, 3.8) is 0 Å². The van der Waals surface area contributed by atoms with Gasteiger partial charge in [0.25, 0.3) is 5.91 Å². The van der Waals surface area contributed by atoms with Crippen LogP contribution < -0.4 is 16.6 Å². The fraction of sp³-hybridized carbons (Fsp3) is 0.412. The van der Waals surface area contributed by atoms with Crippen molar-refractivity contribution in [1.82, 2.24) is 10.3 Å². The van der Waals surface area contributed by atoms with Crippen LogP contribution in [0.2, 0.25) is 0 Å². The zero-order valence-electron chi connectivity index (χ0n) is 13.2. The molecule has 0 radical (unpaired) electrons. The van der Waals surface area contributed by atoms with Crippen molar-refractivity contribution in [3.8, 4) is 0 Å². The number of pyridine rings is 1. The highest BCUT2D eigenvalue weighted by molar-refractivity contribution is 6.06. The average molecular weight is 354 g/mol. The average Bonchev–Trinajstić information content (AvgIpc) is 2.54. The number of hydrogen-bond acceptors (Lipinski definition) is 3. The van der Waals surface area contributed by atoms with E-state index in [2.05, 4.69) is 10.3 Å². The predicted octanol–water partition coefficient (Wildman–Crippen LogP) is 2.34. The summed E-state index contributed by atoms with van der Waals surface area (Å²) in [5.74, 6) is -0.502. The number of nitrogens with two attached hydrogens (primary N) is 1. The monoisotopic (exact) mass is 353 g/mol. The molecule has 0 bridgehead atoms. The highest BCUT2D eigenvalue weighted by atomic mass is 35.5. The summed E-state index contributed by atoms with van der Waals surface area (Å²) in [6.45, 7) is 0.534. The lowest BCUT2D eigenvalue weighted by Gasteiger charge is -2.31. The van der Waals surface area contributed by atoms with E-state index in [1.165, 1.54) is 24.3 Å². The van der Waals surface area contributed by atoms with Crippen LogP contribution in [-0.2, 0) is 0 Å². The number of rotatable bonds is 3. The first-order chi connectivity index (χ1) is 11.1. The third-order valence-electron chi connectivity index (χ3n) is 4.58. The summed E-state index contributed by atoms with van der Waals surface area (Å²) in [4.78, 5) is 26.9. The normalized spacial score (nSPS) is 20.4. The third-order valence-corrected chi connectivity index (χ3v) is 4.58. The molecule has 0 aliphatic heterocycles. The summed E-state index contributed by atoms with van der Waals surface area (Å²) >= 11 is 0. The molecule has 2 aromatic rings. The molecule has 0 saturated heterocycles. The Bertz CT molecular complexity index is 793. The number of hydrogen-bond donors (Lipinski definition) is 3. The van der Waals surface area contributed by atoms with E-state index < -0.39 is 11.4 Å². The highest BCUT2D eigenvalue weighted by Crippen LogP contribution is 2.24. The molecule has 1 fully saturated rings. The second-order valence-corrected chi connectivity index (χ2v) is 6.10. The minimum absolute atomic E-state index is 0. The Balaban J connectivity index is 0.00000208. The molecule has 2 unspecified atom stereocenters. The minimum Gasteiger partial charge on any atom is -0.349 e. The predicted molar refractivity (Wildman–Crippen MR) is 94.0 cm³/mol. The molecule has 1 aromatic heterocycles. The van der Waals surface area contributed by atoms with Gasteiger partial charge in [-0.05, 0) is 43.5 Å². The van der Waals surface area contributed by atoms with Gasteiger partial charge in [0, 0.05) is 17.5 Å². The zero-order chi connectivity index (χ0) is 16.4. The SMILES string of the molecule is Cl.NCC1CCCCC1NC(=O)c1cc(=O)[nH]c2cc(F)ccc12. The summed E-state index contributed by atoms with van der Waals surface area (Å²) in [5, 5.41) is 3.54. The van der Waals surface area contributed by atoms with Gasteiger partial charge >= 0.3 is 0 Å². The molecular formula is C17H21ClFN3O2. The van der Waals surface area contributed by atoms with Crippen molar-refractivity contribution in [3.05, 3.63) is 46.0 Å². The van der Waals surface area contributed by atoms with Gasteiger partial charge in [0.1, 0.15) is 5.82 Å². The van der Waals surface area contributed by atoms with Crippen molar-refractivity contribution in [1.29, 1.82) is 0 Å². The first kappa shape index (κ1) is 18.4. The lowest BCUT2D eigenvalue weighted by atomic mass is 9.84. The first-order valence-corrected chi connectivity index (χ1v) is 7.92. The maximum Gasteiger partial charge on any atom is 0.252 e. The smallest absolute Gasteiger partial charge is 0.252 e. The van der Waals surface area contributed by atoms with Gasteiger partial charge in [0.15, 0.2) is 0 Å². The third kappa shape index (κ3) is 3.76. The molecular weight excluding hydrogens is 333 g/mol. The van der Waals surface area contributed by atoms with Crippen LogP contribution >= 0.6 is 12.4 Å². The summed E-state index contributed by atoms with van der Waals surface area (Å²) in [5.41, 5.74) is 5.96. The maximum atomic E-state index is 13.3. The Kier molecular flexibility index (Phi) is 5.96. The number of carbonyl (C=O) groups excluding carboxylic acids is 1. The van der Waals surface area contributed by atoms with E-state index in [-0.39, 0.29) is 35.8 Å². The van der Waals surface area contributed by atoms with Gasteiger partial charge in [-0.25, -0.2) is 4.39 Å². The zero-order valence-corrected chi connectivity index (χ0v) is 14.0. The van der Waals surface area contributed by atoms with Crippen LogP contribution in [0.15, 0.2) is 29.1 Å². The number of nitrogens with one attached hydrogen (secondary N) is 2. The second kappa shape index (κ2) is 7.77. The van der Waals surface area contributed by atoms with Crippen LogP contribution in [0.25, 0.3) is 10.9 Å². The number of fused-ring (bicyclic) bond motifs is 1. The molecule has 5 nitrogen and oxygen atoms in total. The topological polar surface area (TPSA) is 88.0 Å². The molecule has 7 heteroatoms. The van der Waals surface area contributed by atoms with Crippen molar-refractivity contribution in [2.24, 2.45) is 11.7 Å². The fourth-order valence-electron chi connectivity index (χ4n) is 3.35. The van der Waals surface area contributed by atoms with Crippen LogP contribution in [0.5, 0.6) is 0 Å². The molecule has 3 rings (SSSR count). The molecule has 1 heterocycles. The molecule has 4 N–H and O–H groups in total. The number of carbonyl (C=O) groups is 1. The van der Waals surface area contributed by atoms with Gasteiger partial charge in [0.05, 0.1) is 11.1 Å². The highest BCUT2D eigenvalue weighted by Gasteiger charge is 2.26. The second-order valence-electron chi connectivity index (χ2n) is 6.10. The van der Waals surface area contributed by atoms with E-state index in [9.17, 15) is 14.0 Å². The Hall–Kier alpha value is -1.92. The molecule has 24 heavy (non-hydrogen) atoms. The summed E-state index contributed by atoms with van der Waals surface area (Å²) in [7, 11) is 0. The molecule has 130 valence electrons. The van der Waals surface area contributed by atoms with Gasteiger partial charge in [0.2, 0.25) is 5.56 Å². The number of halogens is 2. The van der Waals surface area contributed by atoms with E-state index in [0.29, 0.717) is 17.4 Å². The molecule has 1 aliphatic carbocycles. The van der Waals surface area contributed by atoms with Crippen LogP contribution in [0.1, 0.15) is 36.0 Å². The number of aromatic nitrogens is 1. The van der Waals surface area contributed by atoms with Crippen molar-refractivity contribution in [2.75, 3.05) is 6.54 Å². The van der Waals surface area contributed by atoms with Crippen molar-refractivity contribution < 1.29 is 9.18 Å². The van der Waals surface area contributed by atoms with Gasteiger partial charge in [-0.2, -0.15) is 0 Å². The largest absolute Gasteiger partial charge is 0.349 e. The molecule has 2 atom stereocenters. The Morgan fingerprint density at radius 1 is 1.29 bits per heavy atom. The van der Waals surface area contributed by atoms with Crippen molar-refractivity contribution in [2.45, 2.75) is 31.7 Å². The molecule has 0 spiro atoms. The van der Waals surface area contributed by atoms with Crippen LogP contribution in [-0.4, -0.2) is 23.5 Å². The van der Waals surface area contributed by atoms with E-state index >= 15 is 0 Å². The van der Waals surface area contributed by atoms with E-state index in [0.717, 1.165) is 25.7 Å². The van der Waals surface area contributed by atoms with E-state index in [1.54, 1.807) is 0 Å². The van der Waals surface area contributed by atoms with Gasteiger partial charge in [-0.3, -0.25) is 9.59 Å². The number of aromatic amines is 1. The molecule has 1 aliphatic rings. The summed E-state index contributed by atoms with van der Waals surface area (Å²) in [6, 6.07) is 5.29. The molecule has 1 saturated carbocycles. The minimum atomic E-state index is -0.457. The first-order valence-electron chi connectivity index (χ1n) is 7.92. The Morgan fingerprint density at radius 2 is 2.04 bits per heavy atom. The van der Waals surface area contributed by atoms with Crippen LogP contribution in [0.3, 0.4) is 0 Å². The lowest BCUT2D eigenvalue weighted by Crippen LogP contribution is -2.44. The lowest BCUT2D eigenvalue weighted by molar-refractivity contribution is 0.0909. The van der Waals surface area contributed by atoms with Crippen LogP contribution in [0.4, 0.5) is 4.39 Å². The van der Waals surface area contributed by atoms with E-state index in [4.69, 9.17) is 5.73 Å². The van der Waals surface area contributed by atoms with Gasteiger partial charge < -0.3 is 16.0 Å². The Morgan fingerprint density at radius 3 is 2.79 bits per heavy atom. The standard InChI is InChI=1S/C17H20FN3O2.ClH/c18-11-5-6-12-13(8-16(22)20-15(12)7-11)17(23)21-14-4-2-1-3-10(14)9-19;/h5-8,10,14H,1-4,9,19H2,(H,20,22)(H,21,23);1H. The number of H-pyrrole nitrogens is 1. The summed E-state index contributed by atoms with van der Waals surface area (Å²) < 4.78 is 13.3. The van der Waals surface area contributed by atoms with Crippen LogP contribution in [0, 0.1) is 11.7 Å². The van der Waals surface area contributed by atoms with Gasteiger partial charge in [-0.15, -0.1) is 12.4 Å². The van der Waals surface area contributed by atoms with Crippen molar-refractivity contribution >= 4 is 29.2 Å². The molecule has 1 aromatic carbocycles. The molecule has 1 amide bonds. The Labute approximate surface area is 145 Å².